The number of H-pyrrole nitrogens is 1. The van der Waals surface area contributed by atoms with Crippen LogP contribution in [-0.2, 0) is 6.42 Å². The fourth-order valence-electron chi connectivity index (χ4n) is 3.65. The van der Waals surface area contributed by atoms with Gasteiger partial charge >= 0.3 is 0 Å². The van der Waals surface area contributed by atoms with Crippen LogP contribution in [0.3, 0.4) is 0 Å². The SMILES string of the molecule is O=C(CC[C@@H]1CCCNC1)c1ccc(O)c2[nH]c(Cc3cccs3)nc12. The molecule has 1 aromatic carbocycles. The van der Waals surface area contributed by atoms with Crippen LogP contribution in [0.5, 0.6) is 5.75 Å². The average Bonchev–Trinajstić information content (AvgIpc) is 3.31. The van der Waals surface area contributed by atoms with E-state index >= 15 is 0 Å². The summed E-state index contributed by atoms with van der Waals surface area (Å²) in [4.78, 5) is 21.8. The molecule has 5 nitrogen and oxygen atoms in total. The van der Waals surface area contributed by atoms with Gasteiger partial charge in [0, 0.05) is 23.3 Å². The van der Waals surface area contributed by atoms with Gasteiger partial charge in [0.25, 0.3) is 0 Å². The predicted molar refractivity (Wildman–Crippen MR) is 104 cm³/mol. The van der Waals surface area contributed by atoms with Crippen LogP contribution < -0.4 is 5.32 Å². The van der Waals surface area contributed by atoms with Gasteiger partial charge in [-0.2, -0.15) is 0 Å². The molecule has 1 atom stereocenters. The lowest BCUT2D eigenvalue weighted by atomic mass is 9.92. The zero-order chi connectivity index (χ0) is 17.9. The lowest BCUT2D eigenvalue weighted by molar-refractivity contribution is 0.0973. The van der Waals surface area contributed by atoms with Crippen LogP contribution in [0.25, 0.3) is 11.0 Å². The monoisotopic (exact) mass is 369 g/mol. The Morgan fingerprint density at radius 2 is 2.27 bits per heavy atom. The van der Waals surface area contributed by atoms with Gasteiger partial charge in [-0.3, -0.25) is 4.79 Å². The van der Waals surface area contributed by atoms with Gasteiger partial charge in [0.15, 0.2) is 5.78 Å². The van der Waals surface area contributed by atoms with Crippen molar-refractivity contribution in [1.29, 1.82) is 0 Å². The highest BCUT2D eigenvalue weighted by Crippen LogP contribution is 2.28. The van der Waals surface area contributed by atoms with E-state index in [0.717, 1.165) is 25.3 Å². The number of hydrogen-bond acceptors (Lipinski definition) is 5. The van der Waals surface area contributed by atoms with E-state index in [4.69, 9.17) is 0 Å². The summed E-state index contributed by atoms with van der Waals surface area (Å²) in [6.07, 6.45) is 4.49. The van der Waals surface area contributed by atoms with Crippen molar-refractivity contribution in [3.8, 4) is 5.75 Å². The molecule has 4 rings (SSSR count). The van der Waals surface area contributed by atoms with Gasteiger partial charge in [-0.25, -0.2) is 4.98 Å². The summed E-state index contributed by atoms with van der Waals surface area (Å²) in [5.74, 6) is 1.59. The molecule has 1 aliphatic heterocycles. The van der Waals surface area contributed by atoms with Gasteiger partial charge < -0.3 is 15.4 Å². The van der Waals surface area contributed by atoms with E-state index in [-0.39, 0.29) is 11.5 Å². The number of ketones is 1. The van der Waals surface area contributed by atoms with Crippen molar-refractivity contribution >= 4 is 28.2 Å². The second kappa shape index (κ2) is 7.60. The van der Waals surface area contributed by atoms with Gasteiger partial charge in [-0.1, -0.05) is 6.07 Å². The number of carbonyl (C=O) groups excluding carboxylic acids is 1. The number of rotatable bonds is 6. The Morgan fingerprint density at radius 3 is 3.04 bits per heavy atom. The molecule has 136 valence electrons. The Hall–Kier alpha value is -2.18. The quantitative estimate of drug-likeness (QED) is 0.576. The molecule has 3 N–H and O–H groups in total. The molecular weight excluding hydrogens is 346 g/mol. The predicted octanol–water partition coefficient (Wildman–Crippen LogP) is 3.88. The highest BCUT2D eigenvalue weighted by Gasteiger charge is 2.19. The summed E-state index contributed by atoms with van der Waals surface area (Å²) in [6, 6.07) is 7.36. The second-order valence-corrected chi connectivity index (χ2v) is 8.00. The van der Waals surface area contributed by atoms with Crippen molar-refractivity contribution < 1.29 is 9.90 Å². The van der Waals surface area contributed by atoms with Crippen LogP contribution in [0.2, 0.25) is 0 Å². The molecule has 1 fully saturated rings. The highest BCUT2D eigenvalue weighted by molar-refractivity contribution is 7.09. The first-order valence-corrected chi connectivity index (χ1v) is 10.1. The van der Waals surface area contributed by atoms with Crippen molar-refractivity contribution in [3.05, 3.63) is 45.9 Å². The third-order valence-electron chi connectivity index (χ3n) is 5.07. The van der Waals surface area contributed by atoms with Crippen LogP contribution in [0.1, 0.15) is 46.7 Å². The number of carbonyl (C=O) groups is 1. The Labute approximate surface area is 156 Å². The number of aromatic hydroxyl groups is 1. The first-order chi connectivity index (χ1) is 12.7. The van der Waals surface area contributed by atoms with E-state index < -0.39 is 0 Å². The number of nitrogens with one attached hydrogen (secondary N) is 2. The van der Waals surface area contributed by atoms with Gasteiger partial charge in [0.05, 0.1) is 0 Å². The minimum Gasteiger partial charge on any atom is -0.506 e. The molecule has 6 heteroatoms. The van der Waals surface area contributed by atoms with Gasteiger partial charge in [-0.05, 0) is 61.8 Å². The van der Waals surface area contributed by atoms with Crippen molar-refractivity contribution in [2.75, 3.05) is 13.1 Å². The Kier molecular flexibility index (Phi) is 5.04. The summed E-state index contributed by atoms with van der Waals surface area (Å²) in [6.45, 7) is 2.09. The molecule has 0 unspecified atom stereocenters. The van der Waals surface area contributed by atoms with E-state index in [1.54, 1.807) is 23.5 Å². The maximum Gasteiger partial charge on any atom is 0.165 e. The molecule has 1 aliphatic rings. The molecule has 0 bridgehead atoms. The smallest absolute Gasteiger partial charge is 0.165 e. The van der Waals surface area contributed by atoms with Crippen LogP contribution in [0, 0.1) is 5.92 Å². The number of thiophene rings is 1. The van der Waals surface area contributed by atoms with Gasteiger partial charge in [0.1, 0.15) is 22.6 Å². The fourth-order valence-corrected chi connectivity index (χ4v) is 4.36. The molecule has 0 spiro atoms. The third-order valence-corrected chi connectivity index (χ3v) is 5.95. The molecule has 2 aromatic heterocycles. The highest BCUT2D eigenvalue weighted by atomic mass is 32.1. The van der Waals surface area contributed by atoms with Gasteiger partial charge in [-0.15, -0.1) is 11.3 Å². The topological polar surface area (TPSA) is 78.0 Å². The molecule has 3 aromatic rings. The lowest BCUT2D eigenvalue weighted by Crippen LogP contribution is -2.30. The molecule has 0 saturated carbocycles. The number of imidazole rings is 1. The number of aromatic nitrogens is 2. The van der Waals surface area contributed by atoms with E-state index in [2.05, 4.69) is 21.4 Å². The fraction of sp³-hybridized carbons (Fsp3) is 0.400. The minimum absolute atomic E-state index is 0.106. The maximum absolute atomic E-state index is 12.8. The van der Waals surface area contributed by atoms with Crippen molar-refractivity contribution in [2.24, 2.45) is 5.92 Å². The number of fused-ring (bicyclic) bond motifs is 1. The number of hydrogen-bond donors (Lipinski definition) is 3. The van der Waals surface area contributed by atoms with E-state index in [0.29, 0.717) is 35.4 Å². The zero-order valence-electron chi connectivity index (χ0n) is 14.6. The molecule has 0 amide bonds. The van der Waals surface area contributed by atoms with Crippen molar-refractivity contribution in [2.45, 2.75) is 32.1 Å². The van der Waals surface area contributed by atoms with E-state index in [1.165, 1.54) is 17.7 Å². The molecule has 26 heavy (non-hydrogen) atoms. The van der Waals surface area contributed by atoms with Crippen molar-refractivity contribution in [3.63, 3.8) is 0 Å². The average molecular weight is 369 g/mol. The van der Waals surface area contributed by atoms with Gasteiger partial charge in [0.2, 0.25) is 0 Å². The Bertz CT molecular complexity index is 895. The standard InChI is InChI=1S/C20H23N3O2S/c24-16(7-5-13-3-1-9-21-12-13)15-6-8-17(25)20-19(15)22-18(23-20)11-14-4-2-10-26-14/h2,4,6,8,10,13,21,25H,1,3,5,7,9,11-12H2,(H,22,23)/t13-/m0/s1. The Balaban J connectivity index is 1.54. The van der Waals surface area contributed by atoms with Crippen LogP contribution >= 0.6 is 11.3 Å². The summed E-state index contributed by atoms with van der Waals surface area (Å²) < 4.78 is 0. The van der Waals surface area contributed by atoms with E-state index in [9.17, 15) is 9.90 Å². The molecule has 0 aliphatic carbocycles. The molecule has 0 radical (unpaired) electrons. The number of aromatic amines is 1. The number of nitrogens with zero attached hydrogens (tertiary/aromatic N) is 1. The number of piperidine rings is 1. The minimum atomic E-state index is 0.106. The summed E-state index contributed by atoms with van der Waals surface area (Å²) in [5, 5.41) is 15.6. The second-order valence-electron chi connectivity index (χ2n) is 6.97. The summed E-state index contributed by atoms with van der Waals surface area (Å²) in [5.41, 5.74) is 1.75. The van der Waals surface area contributed by atoms with Crippen molar-refractivity contribution in [1.82, 2.24) is 15.3 Å². The third kappa shape index (κ3) is 3.66. The molecule has 3 heterocycles. The number of phenols is 1. The number of Topliss-reactive ketones (excluding diaryl/α,β-unsaturated/α-hetero) is 1. The largest absolute Gasteiger partial charge is 0.506 e. The van der Waals surface area contributed by atoms with E-state index in [1.807, 2.05) is 11.4 Å². The summed E-state index contributed by atoms with van der Waals surface area (Å²) >= 11 is 1.67. The normalized spacial score (nSPS) is 17.6. The zero-order valence-corrected chi connectivity index (χ0v) is 15.4. The van der Waals surface area contributed by atoms with Crippen LogP contribution in [0.15, 0.2) is 29.6 Å². The lowest BCUT2D eigenvalue weighted by Gasteiger charge is -2.22. The first kappa shape index (κ1) is 17.2. The maximum atomic E-state index is 12.8. The van der Waals surface area contributed by atoms with Crippen LogP contribution in [0.4, 0.5) is 0 Å². The first-order valence-electron chi connectivity index (χ1n) is 9.17. The molecule has 1 saturated heterocycles. The summed E-state index contributed by atoms with van der Waals surface area (Å²) in [7, 11) is 0. The Morgan fingerprint density at radius 1 is 1.35 bits per heavy atom. The van der Waals surface area contributed by atoms with Crippen LogP contribution in [-0.4, -0.2) is 33.9 Å². The molecular formula is C20H23N3O2S. The number of benzene rings is 1. The number of phenolic OH excluding ortho intramolecular Hbond substituents is 1.